The van der Waals surface area contributed by atoms with Crippen LogP contribution in [0.4, 0.5) is 0 Å². The summed E-state index contributed by atoms with van der Waals surface area (Å²) in [6, 6.07) is 38.7. The highest BCUT2D eigenvalue weighted by Gasteiger charge is 2.23. The number of methoxy groups -OCH3 is 1. The van der Waals surface area contributed by atoms with E-state index in [0.717, 1.165) is 71.7 Å². The van der Waals surface area contributed by atoms with Crippen molar-refractivity contribution in [3.8, 4) is 39.9 Å². The van der Waals surface area contributed by atoms with Gasteiger partial charge in [0.15, 0.2) is 0 Å². The van der Waals surface area contributed by atoms with E-state index in [1.807, 2.05) is 72.8 Å². The SMILES string of the molecule is COc1ccc(/C(=C2\C=C(c3cccs3)C(C#Cc3ccccc3)=N2)c2cc(-c3cccs3)c(C#Cc3ccccc3)[nH]2)cc1. The summed E-state index contributed by atoms with van der Waals surface area (Å²) < 4.78 is 5.49. The molecule has 45 heavy (non-hydrogen) atoms. The molecule has 0 spiro atoms. The van der Waals surface area contributed by atoms with Crippen LogP contribution in [-0.4, -0.2) is 17.8 Å². The fraction of sp³-hybridized carbons (Fsp3) is 0.0250. The quantitative estimate of drug-likeness (QED) is 0.193. The Balaban J connectivity index is 1.43. The molecule has 3 nitrogen and oxygen atoms in total. The fourth-order valence-electron chi connectivity index (χ4n) is 5.08. The van der Waals surface area contributed by atoms with Crippen LogP contribution in [0.1, 0.15) is 33.0 Å². The van der Waals surface area contributed by atoms with Gasteiger partial charge in [-0.1, -0.05) is 72.5 Å². The fourth-order valence-corrected chi connectivity index (χ4v) is 6.58. The first-order valence-electron chi connectivity index (χ1n) is 14.4. The summed E-state index contributed by atoms with van der Waals surface area (Å²) >= 11 is 3.38. The molecule has 5 heteroatoms. The summed E-state index contributed by atoms with van der Waals surface area (Å²) in [5.41, 5.74) is 9.33. The Labute approximate surface area is 270 Å². The molecule has 6 aromatic rings. The Bertz CT molecular complexity index is 2160. The van der Waals surface area contributed by atoms with Crippen molar-refractivity contribution in [3.63, 3.8) is 0 Å². The molecule has 1 N–H and O–H groups in total. The molecule has 1 aliphatic rings. The minimum Gasteiger partial charge on any atom is -0.497 e. The van der Waals surface area contributed by atoms with Crippen LogP contribution in [0.3, 0.4) is 0 Å². The zero-order valence-corrected chi connectivity index (χ0v) is 26.0. The van der Waals surface area contributed by atoms with E-state index >= 15 is 0 Å². The van der Waals surface area contributed by atoms with Crippen molar-refractivity contribution in [1.29, 1.82) is 0 Å². The predicted molar refractivity (Wildman–Crippen MR) is 189 cm³/mol. The van der Waals surface area contributed by atoms with Gasteiger partial charge in [0.05, 0.1) is 18.5 Å². The van der Waals surface area contributed by atoms with E-state index in [0.29, 0.717) is 0 Å². The van der Waals surface area contributed by atoms with Crippen molar-refractivity contribution in [3.05, 3.63) is 171 Å². The number of hydrogen-bond donors (Lipinski definition) is 1. The molecule has 3 aromatic carbocycles. The normalized spacial score (nSPS) is 13.2. The number of allylic oxidation sites excluding steroid dienone is 2. The molecule has 1 aliphatic heterocycles. The summed E-state index contributed by atoms with van der Waals surface area (Å²) in [5, 5.41) is 4.18. The van der Waals surface area contributed by atoms with Gasteiger partial charge in [0, 0.05) is 43.3 Å². The van der Waals surface area contributed by atoms with Crippen molar-refractivity contribution in [1.82, 2.24) is 4.98 Å². The molecular weight excluding hydrogens is 589 g/mol. The highest BCUT2D eigenvalue weighted by molar-refractivity contribution is 7.13. The average Bonchev–Trinajstić information content (AvgIpc) is 3.92. The van der Waals surface area contributed by atoms with Crippen LogP contribution >= 0.6 is 22.7 Å². The molecular formula is C40H26N2OS2. The van der Waals surface area contributed by atoms with Crippen LogP contribution in [0.25, 0.3) is 21.6 Å². The Hall–Kier alpha value is -5.59. The summed E-state index contributed by atoms with van der Waals surface area (Å²) in [5.74, 6) is 14.2. The molecule has 0 saturated heterocycles. The van der Waals surface area contributed by atoms with Crippen molar-refractivity contribution in [2.24, 2.45) is 4.99 Å². The second kappa shape index (κ2) is 13.0. The molecule has 3 aromatic heterocycles. The van der Waals surface area contributed by atoms with Crippen molar-refractivity contribution in [2.45, 2.75) is 0 Å². The molecule has 0 radical (unpaired) electrons. The summed E-state index contributed by atoms with van der Waals surface area (Å²) in [6.45, 7) is 0. The number of aliphatic imine (C=N–C) groups is 1. The molecule has 7 rings (SSSR count). The predicted octanol–water partition coefficient (Wildman–Crippen LogP) is 9.56. The van der Waals surface area contributed by atoms with Gasteiger partial charge in [-0.25, -0.2) is 4.99 Å². The van der Waals surface area contributed by atoms with Crippen LogP contribution in [0, 0.1) is 23.7 Å². The minimum atomic E-state index is 0.747. The third kappa shape index (κ3) is 6.23. The standard InChI is InChI=1S/C40H26N2OS2/c1-43-31-20-18-30(19-21-31)40(36-26-32(38-14-8-24-44-38)34(41-36)22-16-28-10-4-2-5-11-28)37-27-33(39-15-9-25-45-39)35(42-37)23-17-29-12-6-3-7-13-29/h2-15,18-21,24-27,41H,1H3/b40-37-. The number of aromatic nitrogens is 1. The lowest BCUT2D eigenvalue weighted by atomic mass is 9.99. The third-order valence-corrected chi connectivity index (χ3v) is 9.07. The molecule has 0 atom stereocenters. The van der Waals surface area contributed by atoms with E-state index in [-0.39, 0.29) is 0 Å². The second-order valence-corrected chi connectivity index (χ2v) is 12.1. The molecule has 0 unspecified atom stereocenters. The Morgan fingerprint density at radius 1 is 0.689 bits per heavy atom. The third-order valence-electron chi connectivity index (χ3n) is 7.27. The van der Waals surface area contributed by atoms with Crippen molar-refractivity contribution in [2.75, 3.05) is 7.11 Å². The molecule has 0 saturated carbocycles. The highest BCUT2D eigenvalue weighted by Crippen LogP contribution is 2.38. The number of ether oxygens (including phenoxy) is 1. The maximum atomic E-state index is 5.49. The number of thiophene rings is 2. The lowest BCUT2D eigenvalue weighted by Gasteiger charge is -2.09. The van der Waals surface area contributed by atoms with E-state index in [1.165, 1.54) is 0 Å². The van der Waals surface area contributed by atoms with Gasteiger partial charge in [-0.2, -0.15) is 0 Å². The van der Waals surface area contributed by atoms with E-state index in [2.05, 4.69) is 88.0 Å². The van der Waals surface area contributed by atoms with Crippen LogP contribution in [0.5, 0.6) is 5.75 Å². The van der Waals surface area contributed by atoms with Gasteiger partial charge in [-0.05, 0) is 88.8 Å². The first-order chi connectivity index (χ1) is 22.2. The van der Waals surface area contributed by atoms with Crippen LogP contribution in [0.15, 0.2) is 143 Å². The van der Waals surface area contributed by atoms with Gasteiger partial charge in [-0.15, -0.1) is 22.7 Å². The summed E-state index contributed by atoms with van der Waals surface area (Å²) in [6.07, 6.45) is 2.15. The lowest BCUT2D eigenvalue weighted by Crippen LogP contribution is -1.94. The van der Waals surface area contributed by atoms with Crippen LogP contribution in [0.2, 0.25) is 0 Å². The van der Waals surface area contributed by atoms with Crippen molar-refractivity contribution >= 4 is 39.5 Å². The first-order valence-corrected chi connectivity index (χ1v) is 16.2. The number of rotatable bonds is 5. The topological polar surface area (TPSA) is 37.4 Å². The number of benzene rings is 3. The maximum absolute atomic E-state index is 5.49. The minimum absolute atomic E-state index is 0.747. The van der Waals surface area contributed by atoms with E-state index in [1.54, 1.807) is 29.8 Å². The number of hydrogen-bond acceptors (Lipinski definition) is 4. The van der Waals surface area contributed by atoms with Gasteiger partial charge in [-0.3, -0.25) is 0 Å². The van der Waals surface area contributed by atoms with Crippen LogP contribution < -0.4 is 4.74 Å². The van der Waals surface area contributed by atoms with E-state index in [4.69, 9.17) is 9.73 Å². The number of aromatic amines is 1. The maximum Gasteiger partial charge on any atom is 0.122 e. The molecule has 214 valence electrons. The van der Waals surface area contributed by atoms with Crippen LogP contribution in [-0.2, 0) is 0 Å². The lowest BCUT2D eigenvalue weighted by molar-refractivity contribution is 0.415. The highest BCUT2D eigenvalue weighted by atomic mass is 32.1. The van der Waals surface area contributed by atoms with Gasteiger partial charge in [0.25, 0.3) is 0 Å². The van der Waals surface area contributed by atoms with E-state index in [9.17, 15) is 0 Å². The second-order valence-electron chi connectivity index (χ2n) is 10.2. The zero-order chi connectivity index (χ0) is 30.4. The summed E-state index contributed by atoms with van der Waals surface area (Å²) in [4.78, 5) is 11.1. The molecule has 0 fully saturated rings. The monoisotopic (exact) mass is 614 g/mol. The van der Waals surface area contributed by atoms with E-state index < -0.39 is 0 Å². The van der Waals surface area contributed by atoms with Gasteiger partial charge in [0.2, 0.25) is 0 Å². The Kier molecular flexibility index (Phi) is 8.12. The smallest absolute Gasteiger partial charge is 0.122 e. The summed E-state index contributed by atoms with van der Waals surface area (Å²) in [7, 11) is 1.68. The molecule has 0 bridgehead atoms. The molecule has 0 aliphatic carbocycles. The Morgan fingerprint density at radius 3 is 1.96 bits per heavy atom. The number of nitrogens with one attached hydrogen (secondary N) is 1. The molecule has 4 heterocycles. The van der Waals surface area contributed by atoms with Gasteiger partial charge in [0.1, 0.15) is 11.5 Å². The van der Waals surface area contributed by atoms with Gasteiger partial charge < -0.3 is 9.72 Å². The number of H-pyrrole nitrogens is 1. The zero-order valence-electron chi connectivity index (χ0n) is 24.4. The largest absolute Gasteiger partial charge is 0.497 e. The first kappa shape index (κ1) is 28.2. The average molecular weight is 615 g/mol. The number of nitrogens with zero attached hydrogens (tertiary/aromatic N) is 1. The molecule has 0 amide bonds. The van der Waals surface area contributed by atoms with Crippen molar-refractivity contribution < 1.29 is 4.74 Å². The van der Waals surface area contributed by atoms with Gasteiger partial charge >= 0.3 is 0 Å². The Morgan fingerprint density at radius 2 is 1.33 bits per heavy atom.